The van der Waals surface area contributed by atoms with E-state index >= 15 is 0 Å². The average Bonchev–Trinajstić information content (AvgIpc) is 3.85. The summed E-state index contributed by atoms with van der Waals surface area (Å²) in [5, 5.41) is 30.6. The van der Waals surface area contributed by atoms with Gasteiger partial charge in [0.15, 0.2) is 7.85 Å². The molecule has 4 nitrogen and oxygen atoms in total. The van der Waals surface area contributed by atoms with Gasteiger partial charge in [0.25, 0.3) is 0 Å². The predicted molar refractivity (Wildman–Crippen MR) is 257 cm³/mol. The van der Waals surface area contributed by atoms with Crippen molar-refractivity contribution in [3.8, 4) is 39.1 Å². The number of nitrogens with zero attached hydrogens (tertiary/aromatic N) is 2. The van der Waals surface area contributed by atoms with Gasteiger partial charge in [-0.15, -0.1) is 11.3 Å². The molecular weight excluding hydrogens is 737 g/mol. The first-order chi connectivity index (χ1) is 28.7. The zero-order valence-corrected chi connectivity index (χ0v) is 33.8. The Morgan fingerprint density at radius 3 is 1.85 bits per heavy atom. The van der Waals surface area contributed by atoms with Crippen LogP contribution in [0.1, 0.15) is 5.82 Å². The van der Waals surface area contributed by atoms with Gasteiger partial charge in [0.2, 0.25) is 0 Å². The summed E-state index contributed by atoms with van der Waals surface area (Å²) in [5.41, 5.74) is 7.73. The third-order valence-corrected chi connectivity index (χ3v) is 13.7. The van der Waals surface area contributed by atoms with Crippen LogP contribution in [0.5, 0.6) is 0 Å². The van der Waals surface area contributed by atoms with Crippen LogP contribution in [0.2, 0.25) is 0 Å². The van der Waals surface area contributed by atoms with Gasteiger partial charge in [-0.05, 0) is 96.7 Å². The largest absolute Gasteiger partial charge is 0.375 e. The number of para-hydroxylation sites is 2. The number of benzene rings is 9. The molecule has 8 heteroatoms. The van der Waals surface area contributed by atoms with Crippen LogP contribution in [0, 0.1) is 0 Å². The molecule has 0 fully saturated rings. The van der Waals surface area contributed by atoms with Crippen molar-refractivity contribution >= 4 is 98.4 Å². The number of imidazole rings is 1. The molecular formula is C51H37B3N2O2S. The molecule has 278 valence electrons. The van der Waals surface area contributed by atoms with E-state index < -0.39 is 10.9 Å². The summed E-state index contributed by atoms with van der Waals surface area (Å²) >= 11 is 1.85. The highest BCUT2D eigenvalue weighted by atomic mass is 32.1. The second-order valence-electron chi connectivity index (χ2n) is 16.3. The fraction of sp³-hybridized carbons (Fsp3) is 0.0392. The smallest absolute Gasteiger partial charge is 0.177 e. The van der Waals surface area contributed by atoms with E-state index in [1.54, 1.807) is 0 Å². The predicted octanol–water partition coefficient (Wildman–Crippen LogP) is 9.54. The zero-order chi connectivity index (χ0) is 40.0. The van der Waals surface area contributed by atoms with Crippen molar-refractivity contribution in [2.45, 2.75) is 10.9 Å². The van der Waals surface area contributed by atoms with Gasteiger partial charge in [-0.2, -0.15) is 0 Å². The highest BCUT2D eigenvalue weighted by Crippen LogP contribution is 2.50. The van der Waals surface area contributed by atoms with E-state index in [9.17, 15) is 10.2 Å². The molecule has 2 heterocycles. The summed E-state index contributed by atoms with van der Waals surface area (Å²) in [5.74, 6) is 0.577. The molecule has 11 aromatic rings. The van der Waals surface area contributed by atoms with Crippen molar-refractivity contribution in [3.63, 3.8) is 0 Å². The van der Waals surface area contributed by atoms with E-state index in [4.69, 9.17) is 4.98 Å². The molecule has 0 bridgehead atoms. The molecule has 0 saturated carbocycles. The van der Waals surface area contributed by atoms with Gasteiger partial charge >= 0.3 is 0 Å². The Kier molecular flexibility index (Phi) is 8.05. The van der Waals surface area contributed by atoms with E-state index in [-0.39, 0.29) is 0 Å². The van der Waals surface area contributed by atoms with Crippen LogP contribution in [0.4, 0.5) is 0 Å². The van der Waals surface area contributed by atoms with Crippen LogP contribution in [-0.4, -0.2) is 49.0 Å². The summed E-state index contributed by atoms with van der Waals surface area (Å²) < 4.78 is 4.68. The maximum Gasteiger partial charge on any atom is 0.177 e. The van der Waals surface area contributed by atoms with E-state index in [0.717, 1.165) is 33.1 Å². The summed E-state index contributed by atoms with van der Waals surface area (Å²) in [4.78, 5) is 5.05. The van der Waals surface area contributed by atoms with Gasteiger partial charge in [0, 0.05) is 30.8 Å². The lowest BCUT2D eigenvalue weighted by molar-refractivity contribution is -0.100. The minimum absolute atomic E-state index is 0.577. The summed E-state index contributed by atoms with van der Waals surface area (Å²) in [6, 6.07) is 63.1. The van der Waals surface area contributed by atoms with Gasteiger partial charge in [0.05, 0.1) is 16.7 Å². The first-order valence-electron chi connectivity index (χ1n) is 20.1. The molecule has 9 aromatic carbocycles. The molecule has 0 saturated heterocycles. The number of fused-ring (bicyclic) bond motifs is 7. The Morgan fingerprint density at radius 2 is 1.08 bits per heavy atom. The normalized spacial score (nSPS) is 12.4. The van der Waals surface area contributed by atoms with Crippen LogP contribution < -0.4 is 0 Å². The molecule has 0 radical (unpaired) electrons. The van der Waals surface area contributed by atoms with E-state index in [1.807, 2.05) is 45.2 Å². The van der Waals surface area contributed by atoms with Crippen LogP contribution in [0.25, 0.3) is 103 Å². The summed E-state index contributed by atoms with van der Waals surface area (Å²) in [6.45, 7) is 0. The monoisotopic (exact) mass is 774 g/mol. The standard InChI is InChI=1S/C51H37B3N2O2S/c52-50(53,51(54,57)58)49-55-41-21-9-10-22-43(41)56(49)42-28-27-36(32-15-4-5-16-33(32)42)46-34-17-6-7-18-35(34)47(40-29-31(25-26-37(40)46)30-13-2-1-3-14-30)39-20-12-24-45-48(39)38-19-8-11-23-44(38)59-45/h1-29,57-58H,52-54H2. The molecule has 11 rings (SSSR count). The first-order valence-corrected chi connectivity index (χ1v) is 20.9. The van der Waals surface area contributed by atoms with E-state index in [2.05, 4.69) is 162 Å². The third kappa shape index (κ3) is 5.44. The number of aliphatic hydroxyl groups is 2. The summed E-state index contributed by atoms with van der Waals surface area (Å²) in [7, 11) is 5.11. The van der Waals surface area contributed by atoms with Crippen molar-refractivity contribution < 1.29 is 10.2 Å². The molecule has 0 atom stereocenters. The Hall–Kier alpha value is -6.44. The van der Waals surface area contributed by atoms with E-state index in [0.29, 0.717) is 5.82 Å². The number of thiophene rings is 1. The molecule has 0 aliphatic carbocycles. The number of aromatic nitrogens is 2. The highest BCUT2D eigenvalue weighted by molar-refractivity contribution is 7.26. The molecule has 0 amide bonds. The van der Waals surface area contributed by atoms with Crippen molar-refractivity contribution in [2.24, 2.45) is 0 Å². The Morgan fingerprint density at radius 1 is 0.475 bits per heavy atom. The van der Waals surface area contributed by atoms with Gasteiger partial charge in [0.1, 0.15) is 27.2 Å². The Labute approximate surface area is 348 Å². The van der Waals surface area contributed by atoms with Crippen molar-refractivity contribution in [3.05, 3.63) is 182 Å². The minimum atomic E-state index is -2.03. The van der Waals surface area contributed by atoms with Crippen molar-refractivity contribution in [2.75, 3.05) is 0 Å². The number of rotatable bonds is 6. The van der Waals surface area contributed by atoms with Crippen molar-refractivity contribution in [1.29, 1.82) is 0 Å². The molecule has 0 spiro atoms. The zero-order valence-electron chi connectivity index (χ0n) is 32.9. The van der Waals surface area contributed by atoms with Crippen molar-refractivity contribution in [1.82, 2.24) is 9.55 Å². The van der Waals surface area contributed by atoms with Crippen LogP contribution >= 0.6 is 11.3 Å². The Bertz CT molecular complexity index is 3480. The summed E-state index contributed by atoms with van der Waals surface area (Å²) in [6.07, 6.45) is 0. The van der Waals surface area contributed by atoms with E-state index in [1.165, 1.54) is 77.4 Å². The van der Waals surface area contributed by atoms with Crippen LogP contribution in [0.15, 0.2) is 176 Å². The van der Waals surface area contributed by atoms with Gasteiger partial charge in [-0.3, -0.25) is 4.57 Å². The molecule has 2 N–H and O–H groups in total. The van der Waals surface area contributed by atoms with Crippen LogP contribution in [-0.2, 0) is 5.21 Å². The lowest BCUT2D eigenvalue weighted by Gasteiger charge is -2.36. The second kappa shape index (κ2) is 13.3. The lowest BCUT2D eigenvalue weighted by Crippen LogP contribution is -2.54. The molecule has 0 aliphatic heterocycles. The fourth-order valence-electron chi connectivity index (χ4n) is 9.15. The highest BCUT2D eigenvalue weighted by Gasteiger charge is 2.42. The topological polar surface area (TPSA) is 58.3 Å². The number of hydrogen-bond donors (Lipinski definition) is 2. The SMILES string of the molecule is BC(O)(O)C(B)(B)c1nc2ccccc2n1-c1ccc(-c2c3ccccc3c(-c3cccc4sc5ccccc5c34)c3cc(-c4ccccc4)ccc23)c2ccccc12. The average molecular weight is 774 g/mol. The number of hydrogen-bond acceptors (Lipinski definition) is 4. The first kappa shape index (κ1) is 35.7. The van der Waals surface area contributed by atoms with Crippen LogP contribution in [0.3, 0.4) is 0 Å². The molecule has 59 heavy (non-hydrogen) atoms. The maximum absolute atomic E-state index is 11.1. The second-order valence-corrected chi connectivity index (χ2v) is 17.4. The quantitative estimate of drug-likeness (QED) is 0.101. The van der Waals surface area contributed by atoms with Gasteiger partial charge < -0.3 is 10.2 Å². The molecule has 0 unspecified atom stereocenters. The minimum Gasteiger partial charge on any atom is -0.375 e. The fourth-order valence-corrected chi connectivity index (χ4v) is 10.3. The third-order valence-electron chi connectivity index (χ3n) is 12.5. The Balaban J connectivity index is 1.25. The lowest BCUT2D eigenvalue weighted by atomic mass is 9.45. The van der Waals surface area contributed by atoms with Gasteiger partial charge in [-0.1, -0.05) is 140 Å². The molecule has 2 aromatic heterocycles. The van der Waals surface area contributed by atoms with Gasteiger partial charge in [-0.25, -0.2) is 4.98 Å². The molecule has 0 aliphatic rings. The maximum atomic E-state index is 11.1.